The molecule has 156 valence electrons. The van der Waals surface area contributed by atoms with E-state index < -0.39 is 0 Å². The molecule has 0 atom stereocenters. The number of nitrogens with zero attached hydrogens (tertiary/aromatic N) is 5. The summed E-state index contributed by atoms with van der Waals surface area (Å²) in [6.07, 6.45) is 2.02. The van der Waals surface area contributed by atoms with E-state index >= 15 is 0 Å². The SMILES string of the molecule is Clc1ccc(N2CCN(CCCc3nnc4n3CCOc3ccccc3-4)CC2)cc1. The van der Waals surface area contributed by atoms with Crippen molar-refractivity contribution in [3.8, 4) is 17.1 Å². The summed E-state index contributed by atoms with van der Waals surface area (Å²) in [5, 5.41) is 9.77. The molecular weight excluding hydrogens is 398 g/mol. The van der Waals surface area contributed by atoms with Gasteiger partial charge in [0.05, 0.1) is 12.1 Å². The minimum Gasteiger partial charge on any atom is -0.491 e. The van der Waals surface area contributed by atoms with Crippen molar-refractivity contribution in [2.75, 3.05) is 44.2 Å². The normalized spacial score (nSPS) is 16.5. The van der Waals surface area contributed by atoms with Crippen LogP contribution in [-0.4, -0.2) is 59.0 Å². The largest absolute Gasteiger partial charge is 0.491 e. The van der Waals surface area contributed by atoms with Gasteiger partial charge in [-0.1, -0.05) is 23.7 Å². The van der Waals surface area contributed by atoms with Crippen LogP contribution >= 0.6 is 11.6 Å². The zero-order valence-corrected chi connectivity index (χ0v) is 17.8. The molecule has 0 N–H and O–H groups in total. The number of para-hydroxylation sites is 1. The van der Waals surface area contributed by atoms with Gasteiger partial charge < -0.3 is 14.2 Å². The van der Waals surface area contributed by atoms with Crippen LogP contribution in [-0.2, 0) is 13.0 Å². The molecule has 1 aromatic heterocycles. The van der Waals surface area contributed by atoms with Crippen molar-refractivity contribution in [1.82, 2.24) is 19.7 Å². The number of aryl methyl sites for hydroxylation is 1. The highest BCUT2D eigenvalue weighted by atomic mass is 35.5. The predicted octanol–water partition coefficient (Wildman–Crippen LogP) is 3.75. The van der Waals surface area contributed by atoms with Crippen molar-refractivity contribution in [3.63, 3.8) is 0 Å². The smallest absolute Gasteiger partial charge is 0.167 e. The van der Waals surface area contributed by atoms with E-state index in [1.165, 1.54) is 5.69 Å². The Morgan fingerprint density at radius 3 is 2.53 bits per heavy atom. The van der Waals surface area contributed by atoms with Gasteiger partial charge in [0.25, 0.3) is 0 Å². The second-order valence-electron chi connectivity index (χ2n) is 7.84. The maximum absolute atomic E-state index is 6.01. The molecule has 0 spiro atoms. The molecule has 0 saturated carbocycles. The summed E-state index contributed by atoms with van der Waals surface area (Å²) in [5.74, 6) is 2.88. The molecule has 0 radical (unpaired) electrons. The number of halogens is 1. The van der Waals surface area contributed by atoms with Crippen molar-refractivity contribution >= 4 is 17.3 Å². The van der Waals surface area contributed by atoms with Crippen molar-refractivity contribution in [2.24, 2.45) is 0 Å². The molecule has 3 heterocycles. The lowest BCUT2D eigenvalue weighted by molar-refractivity contribution is 0.253. The lowest BCUT2D eigenvalue weighted by Crippen LogP contribution is -2.46. The van der Waals surface area contributed by atoms with Gasteiger partial charge >= 0.3 is 0 Å². The van der Waals surface area contributed by atoms with Crippen LogP contribution < -0.4 is 9.64 Å². The Labute approximate surface area is 182 Å². The van der Waals surface area contributed by atoms with E-state index in [0.29, 0.717) is 6.61 Å². The quantitative estimate of drug-likeness (QED) is 0.625. The number of hydrogen-bond donors (Lipinski definition) is 0. The molecule has 1 fully saturated rings. The van der Waals surface area contributed by atoms with Gasteiger partial charge in [-0.05, 0) is 49.4 Å². The summed E-state index contributed by atoms with van der Waals surface area (Å²) in [6.45, 7) is 6.81. The fourth-order valence-corrected chi connectivity index (χ4v) is 4.45. The molecule has 2 aromatic carbocycles. The van der Waals surface area contributed by atoms with Crippen molar-refractivity contribution < 1.29 is 4.74 Å². The monoisotopic (exact) mass is 423 g/mol. The maximum atomic E-state index is 6.01. The van der Waals surface area contributed by atoms with E-state index in [1.54, 1.807) is 0 Å². The van der Waals surface area contributed by atoms with Crippen LogP contribution in [0.5, 0.6) is 5.75 Å². The number of anilines is 1. The zero-order valence-electron chi connectivity index (χ0n) is 17.0. The lowest BCUT2D eigenvalue weighted by Gasteiger charge is -2.36. The molecule has 0 aliphatic carbocycles. The molecular formula is C23H26ClN5O. The number of benzene rings is 2. The van der Waals surface area contributed by atoms with E-state index in [2.05, 4.69) is 42.8 Å². The zero-order chi connectivity index (χ0) is 20.3. The highest BCUT2D eigenvalue weighted by Crippen LogP contribution is 2.31. The number of ether oxygens (including phenoxy) is 1. The van der Waals surface area contributed by atoms with Gasteiger partial charge in [-0.2, -0.15) is 0 Å². The van der Waals surface area contributed by atoms with E-state index in [-0.39, 0.29) is 0 Å². The van der Waals surface area contributed by atoms with Crippen LogP contribution in [0.3, 0.4) is 0 Å². The Morgan fingerprint density at radius 2 is 1.70 bits per heavy atom. The number of piperazine rings is 1. The first kappa shape index (κ1) is 19.4. The Bertz CT molecular complexity index is 995. The predicted molar refractivity (Wildman–Crippen MR) is 119 cm³/mol. The minimum atomic E-state index is 0.654. The molecule has 6 nitrogen and oxygen atoms in total. The summed E-state index contributed by atoms with van der Waals surface area (Å²) in [4.78, 5) is 4.98. The number of hydrogen-bond acceptors (Lipinski definition) is 5. The van der Waals surface area contributed by atoms with E-state index in [1.807, 2.05) is 30.3 Å². The van der Waals surface area contributed by atoms with Crippen LogP contribution in [0.15, 0.2) is 48.5 Å². The van der Waals surface area contributed by atoms with Gasteiger partial charge in [0.15, 0.2) is 5.82 Å². The minimum absolute atomic E-state index is 0.654. The Balaban J connectivity index is 1.15. The highest BCUT2D eigenvalue weighted by molar-refractivity contribution is 6.30. The second kappa shape index (κ2) is 8.66. The van der Waals surface area contributed by atoms with E-state index in [4.69, 9.17) is 16.3 Å². The van der Waals surface area contributed by atoms with Crippen molar-refractivity contribution in [3.05, 3.63) is 59.4 Å². The number of aromatic nitrogens is 3. The summed E-state index contributed by atoms with van der Waals surface area (Å²) in [5.41, 5.74) is 2.29. The summed E-state index contributed by atoms with van der Waals surface area (Å²) >= 11 is 6.01. The molecule has 2 aliphatic heterocycles. The van der Waals surface area contributed by atoms with E-state index in [9.17, 15) is 0 Å². The topological polar surface area (TPSA) is 46.4 Å². The fourth-order valence-electron chi connectivity index (χ4n) is 4.32. The first-order chi connectivity index (χ1) is 14.8. The molecule has 0 bridgehead atoms. The van der Waals surface area contributed by atoms with Crippen LogP contribution in [0, 0.1) is 0 Å². The average molecular weight is 424 g/mol. The Hall–Kier alpha value is -2.57. The van der Waals surface area contributed by atoms with Gasteiger partial charge in [-0.3, -0.25) is 4.90 Å². The Kier molecular flexibility index (Phi) is 5.60. The van der Waals surface area contributed by atoms with Crippen molar-refractivity contribution in [1.29, 1.82) is 0 Å². The standard InChI is InChI=1S/C23H26ClN5O/c24-18-7-9-19(10-8-18)28-14-12-27(13-15-28)11-3-6-22-25-26-23-20-4-1-2-5-21(20)30-17-16-29(22)23/h1-2,4-5,7-10H,3,6,11-17H2. The molecule has 2 aliphatic rings. The van der Waals surface area contributed by atoms with Gasteiger partial charge in [0.1, 0.15) is 18.2 Å². The molecule has 30 heavy (non-hydrogen) atoms. The number of rotatable bonds is 5. The first-order valence-corrected chi connectivity index (χ1v) is 11.0. The maximum Gasteiger partial charge on any atom is 0.167 e. The van der Waals surface area contributed by atoms with Crippen LogP contribution in [0.25, 0.3) is 11.4 Å². The van der Waals surface area contributed by atoms with Crippen LogP contribution in [0.2, 0.25) is 5.02 Å². The third kappa shape index (κ3) is 4.02. The van der Waals surface area contributed by atoms with Crippen LogP contribution in [0.4, 0.5) is 5.69 Å². The Morgan fingerprint density at radius 1 is 0.900 bits per heavy atom. The van der Waals surface area contributed by atoms with Gasteiger partial charge in [0, 0.05) is 43.3 Å². The highest BCUT2D eigenvalue weighted by Gasteiger charge is 2.21. The summed E-state index contributed by atoms with van der Waals surface area (Å²) in [7, 11) is 0. The molecule has 0 amide bonds. The molecule has 1 saturated heterocycles. The van der Waals surface area contributed by atoms with Gasteiger partial charge in [-0.15, -0.1) is 10.2 Å². The average Bonchev–Trinajstić information content (AvgIpc) is 3.08. The van der Waals surface area contributed by atoms with E-state index in [0.717, 1.165) is 80.1 Å². The van der Waals surface area contributed by atoms with Crippen LogP contribution in [0.1, 0.15) is 12.2 Å². The third-order valence-electron chi connectivity index (χ3n) is 5.97. The summed E-state index contributed by atoms with van der Waals surface area (Å²) in [6, 6.07) is 16.2. The van der Waals surface area contributed by atoms with Gasteiger partial charge in [-0.25, -0.2) is 0 Å². The van der Waals surface area contributed by atoms with Crippen molar-refractivity contribution in [2.45, 2.75) is 19.4 Å². The summed E-state index contributed by atoms with van der Waals surface area (Å²) < 4.78 is 8.11. The number of fused-ring (bicyclic) bond motifs is 3. The molecule has 7 heteroatoms. The fraction of sp³-hybridized carbons (Fsp3) is 0.391. The lowest BCUT2D eigenvalue weighted by atomic mass is 10.2. The molecule has 5 rings (SSSR count). The van der Waals surface area contributed by atoms with Gasteiger partial charge in [0.2, 0.25) is 0 Å². The molecule has 0 unspecified atom stereocenters. The molecule has 3 aromatic rings. The first-order valence-electron chi connectivity index (χ1n) is 10.6. The third-order valence-corrected chi connectivity index (χ3v) is 6.22. The second-order valence-corrected chi connectivity index (χ2v) is 8.28.